The van der Waals surface area contributed by atoms with Crippen molar-refractivity contribution in [3.63, 3.8) is 0 Å². The van der Waals surface area contributed by atoms with Crippen molar-refractivity contribution in [1.82, 2.24) is 0 Å². The summed E-state index contributed by atoms with van der Waals surface area (Å²) in [6.45, 7) is 4.94. The lowest BCUT2D eigenvalue weighted by atomic mass is 10.0. The number of ether oxygens (including phenoxy) is 1. The molecular weight excluding hydrogens is 336 g/mol. The fourth-order valence-corrected chi connectivity index (χ4v) is 3.46. The second-order valence-electron chi connectivity index (χ2n) is 8.15. The number of hydrogen-bond acceptors (Lipinski definition) is 3. The Morgan fingerprint density at radius 3 is 1.67 bits per heavy atom. The van der Waals surface area contributed by atoms with Gasteiger partial charge in [0.05, 0.1) is 12.7 Å². The molecule has 0 radical (unpaired) electrons. The molecule has 0 saturated heterocycles. The SMILES string of the molecule is CCCCCCCCCCCC(=O)OCCCC(O)CCCCCCCC. The Morgan fingerprint density at radius 1 is 0.667 bits per heavy atom. The first kappa shape index (κ1) is 26.4. The zero-order valence-corrected chi connectivity index (χ0v) is 18.5. The fourth-order valence-electron chi connectivity index (χ4n) is 3.46. The molecule has 0 heterocycles. The fraction of sp³-hybridized carbons (Fsp3) is 0.958. The third-order valence-electron chi connectivity index (χ3n) is 5.32. The Bertz CT molecular complexity index is 304. The van der Waals surface area contributed by atoms with Gasteiger partial charge in [0.15, 0.2) is 0 Å². The zero-order valence-electron chi connectivity index (χ0n) is 18.5. The Balaban J connectivity index is 3.28. The number of carbonyl (C=O) groups is 1. The molecular formula is C24H48O3. The molecule has 0 fully saturated rings. The Hall–Kier alpha value is -0.570. The number of rotatable bonds is 21. The van der Waals surface area contributed by atoms with Gasteiger partial charge in [-0.15, -0.1) is 0 Å². The molecule has 162 valence electrons. The van der Waals surface area contributed by atoms with Gasteiger partial charge >= 0.3 is 5.97 Å². The minimum Gasteiger partial charge on any atom is -0.466 e. The van der Waals surface area contributed by atoms with Crippen LogP contribution in [0.2, 0.25) is 0 Å². The molecule has 0 saturated carbocycles. The van der Waals surface area contributed by atoms with Crippen molar-refractivity contribution in [2.24, 2.45) is 0 Å². The topological polar surface area (TPSA) is 46.5 Å². The summed E-state index contributed by atoms with van der Waals surface area (Å²) >= 11 is 0. The molecule has 0 aliphatic carbocycles. The Kier molecular flexibility index (Phi) is 21.3. The van der Waals surface area contributed by atoms with Gasteiger partial charge in [-0.25, -0.2) is 0 Å². The minimum absolute atomic E-state index is 0.0663. The van der Waals surface area contributed by atoms with E-state index >= 15 is 0 Å². The number of aliphatic hydroxyl groups is 1. The zero-order chi connectivity index (χ0) is 20.0. The van der Waals surface area contributed by atoms with Crippen molar-refractivity contribution in [2.75, 3.05) is 6.61 Å². The highest BCUT2D eigenvalue weighted by Crippen LogP contribution is 2.12. The third-order valence-corrected chi connectivity index (χ3v) is 5.32. The van der Waals surface area contributed by atoms with Crippen LogP contribution in [0, 0.1) is 0 Å². The van der Waals surface area contributed by atoms with Crippen molar-refractivity contribution >= 4 is 5.97 Å². The summed E-state index contributed by atoms with van der Waals surface area (Å²) in [4.78, 5) is 11.7. The summed E-state index contributed by atoms with van der Waals surface area (Å²) in [6, 6.07) is 0. The molecule has 0 aromatic heterocycles. The van der Waals surface area contributed by atoms with Crippen LogP contribution in [0.5, 0.6) is 0 Å². The van der Waals surface area contributed by atoms with E-state index in [-0.39, 0.29) is 12.1 Å². The second kappa shape index (κ2) is 21.7. The van der Waals surface area contributed by atoms with Gasteiger partial charge in [-0.05, 0) is 25.7 Å². The predicted octanol–water partition coefficient (Wildman–Crippen LogP) is 7.34. The highest BCUT2D eigenvalue weighted by molar-refractivity contribution is 5.69. The molecule has 1 N–H and O–H groups in total. The van der Waals surface area contributed by atoms with Gasteiger partial charge in [0.25, 0.3) is 0 Å². The van der Waals surface area contributed by atoms with Crippen LogP contribution in [-0.2, 0) is 9.53 Å². The smallest absolute Gasteiger partial charge is 0.305 e. The lowest BCUT2D eigenvalue weighted by Crippen LogP contribution is -2.10. The molecule has 1 unspecified atom stereocenters. The van der Waals surface area contributed by atoms with Crippen molar-refractivity contribution in [3.8, 4) is 0 Å². The maximum Gasteiger partial charge on any atom is 0.305 e. The molecule has 0 aliphatic rings. The standard InChI is InChI=1S/C24H48O3/c1-3-5-7-9-11-12-13-15-17-21-24(26)27-22-18-20-23(25)19-16-14-10-8-6-4-2/h23,25H,3-22H2,1-2H3. The van der Waals surface area contributed by atoms with Gasteiger partial charge in [0.2, 0.25) is 0 Å². The van der Waals surface area contributed by atoms with Crippen LogP contribution >= 0.6 is 0 Å². The number of carbonyl (C=O) groups excluding carboxylic acids is 1. The average Bonchev–Trinajstić information content (AvgIpc) is 2.66. The van der Waals surface area contributed by atoms with Gasteiger partial charge in [0, 0.05) is 6.42 Å². The van der Waals surface area contributed by atoms with E-state index in [2.05, 4.69) is 13.8 Å². The number of aliphatic hydroxyl groups excluding tert-OH is 1. The van der Waals surface area contributed by atoms with E-state index in [1.165, 1.54) is 77.0 Å². The van der Waals surface area contributed by atoms with E-state index in [4.69, 9.17) is 4.74 Å². The monoisotopic (exact) mass is 384 g/mol. The largest absolute Gasteiger partial charge is 0.466 e. The maximum atomic E-state index is 11.7. The van der Waals surface area contributed by atoms with Crippen molar-refractivity contribution in [1.29, 1.82) is 0 Å². The summed E-state index contributed by atoms with van der Waals surface area (Å²) in [5, 5.41) is 9.97. The van der Waals surface area contributed by atoms with Crippen LogP contribution in [0.25, 0.3) is 0 Å². The lowest BCUT2D eigenvalue weighted by molar-refractivity contribution is -0.144. The quantitative estimate of drug-likeness (QED) is 0.166. The molecule has 0 aliphatic heterocycles. The van der Waals surface area contributed by atoms with Gasteiger partial charge in [0.1, 0.15) is 0 Å². The molecule has 0 bridgehead atoms. The molecule has 0 aromatic carbocycles. The molecule has 1 atom stereocenters. The lowest BCUT2D eigenvalue weighted by Gasteiger charge is -2.10. The van der Waals surface area contributed by atoms with E-state index in [1.807, 2.05) is 0 Å². The highest BCUT2D eigenvalue weighted by atomic mass is 16.5. The first-order valence-corrected chi connectivity index (χ1v) is 12.0. The summed E-state index contributed by atoms with van der Waals surface area (Å²) in [7, 11) is 0. The highest BCUT2D eigenvalue weighted by Gasteiger charge is 2.06. The van der Waals surface area contributed by atoms with E-state index in [0.717, 1.165) is 38.5 Å². The van der Waals surface area contributed by atoms with Crippen molar-refractivity contribution in [2.45, 2.75) is 142 Å². The molecule has 27 heavy (non-hydrogen) atoms. The normalized spacial score (nSPS) is 12.3. The first-order valence-electron chi connectivity index (χ1n) is 12.0. The minimum atomic E-state index is -0.229. The van der Waals surface area contributed by atoms with Crippen LogP contribution in [0.4, 0.5) is 0 Å². The van der Waals surface area contributed by atoms with Gasteiger partial charge < -0.3 is 9.84 Å². The average molecular weight is 385 g/mol. The molecule has 3 heteroatoms. The Labute approximate surface area is 169 Å². The van der Waals surface area contributed by atoms with E-state index < -0.39 is 0 Å². The third kappa shape index (κ3) is 21.6. The molecule has 3 nitrogen and oxygen atoms in total. The van der Waals surface area contributed by atoms with Gasteiger partial charge in [-0.3, -0.25) is 4.79 Å². The first-order chi connectivity index (χ1) is 13.2. The van der Waals surface area contributed by atoms with Crippen LogP contribution < -0.4 is 0 Å². The number of esters is 1. The number of unbranched alkanes of at least 4 members (excludes halogenated alkanes) is 13. The summed E-state index contributed by atoms with van der Waals surface area (Å²) in [5.74, 6) is -0.0663. The number of hydrogen-bond donors (Lipinski definition) is 1. The van der Waals surface area contributed by atoms with E-state index in [9.17, 15) is 9.90 Å². The van der Waals surface area contributed by atoms with Crippen molar-refractivity contribution < 1.29 is 14.6 Å². The van der Waals surface area contributed by atoms with E-state index in [0.29, 0.717) is 13.0 Å². The van der Waals surface area contributed by atoms with Crippen LogP contribution in [0.15, 0.2) is 0 Å². The second-order valence-corrected chi connectivity index (χ2v) is 8.15. The summed E-state index contributed by atoms with van der Waals surface area (Å²) in [6.07, 6.45) is 21.7. The van der Waals surface area contributed by atoms with Crippen LogP contribution in [0.3, 0.4) is 0 Å². The van der Waals surface area contributed by atoms with Crippen LogP contribution in [0.1, 0.15) is 136 Å². The molecule has 0 aromatic rings. The maximum absolute atomic E-state index is 11.7. The Morgan fingerprint density at radius 2 is 1.11 bits per heavy atom. The predicted molar refractivity (Wildman–Crippen MR) is 116 cm³/mol. The van der Waals surface area contributed by atoms with Gasteiger partial charge in [-0.2, -0.15) is 0 Å². The van der Waals surface area contributed by atoms with Gasteiger partial charge in [-0.1, -0.05) is 104 Å². The summed E-state index contributed by atoms with van der Waals surface area (Å²) < 4.78 is 5.28. The molecule has 0 spiro atoms. The summed E-state index contributed by atoms with van der Waals surface area (Å²) in [5.41, 5.74) is 0. The van der Waals surface area contributed by atoms with E-state index in [1.54, 1.807) is 0 Å². The molecule has 0 rings (SSSR count). The molecule has 0 amide bonds. The van der Waals surface area contributed by atoms with Crippen molar-refractivity contribution in [3.05, 3.63) is 0 Å². The van der Waals surface area contributed by atoms with Crippen LogP contribution in [-0.4, -0.2) is 23.8 Å².